The minimum atomic E-state index is 0.847. The maximum absolute atomic E-state index is 5.29. The van der Waals surface area contributed by atoms with Gasteiger partial charge in [-0.1, -0.05) is 0 Å². The molecule has 5 heteroatoms. The second kappa shape index (κ2) is 5.53. The second-order valence-corrected chi connectivity index (χ2v) is 4.31. The summed E-state index contributed by atoms with van der Waals surface area (Å²) in [4.78, 5) is 10.9. The molecular weight excluding hydrogens is 258 g/mol. The molecule has 0 aromatic carbocycles. The van der Waals surface area contributed by atoms with E-state index < -0.39 is 0 Å². The molecule has 4 nitrogen and oxygen atoms in total. The summed E-state index contributed by atoms with van der Waals surface area (Å²) in [5.41, 5.74) is 0. The van der Waals surface area contributed by atoms with Crippen molar-refractivity contribution in [3.05, 3.63) is 22.7 Å². The molecule has 0 saturated carbocycles. The summed E-state index contributed by atoms with van der Waals surface area (Å²) in [6.07, 6.45) is 2.69. The van der Waals surface area contributed by atoms with Crippen LogP contribution in [-0.4, -0.2) is 47.7 Å². The highest BCUT2D eigenvalue weighted by Gasteiger charge is 2.10. The van der Waals surface area contributed by atoms with Gasteiger partial charge in [-0.2, -0.15) is 0 Å². The summed E-state index contributed by atoms with van der Waals surface area (Å²) < 4.78 is 6.15. The molecule has 2 heterocycles. The van der Waals surface area contributed by atoms with E-state index in [2.05, 4.69) is 30.8 Å². The minimum absolute atomic E-state index is 0.847. The Kier molecular flexibility index (Phi) is 4.05. The van der Waals surface area contributed by atoms with Crippen LogP contribution >= 0.6 is 15.9 Å². The maximum Gasteiger partial charge on any atom is 0.130 e. The van der Waals surface area contributed by atoms with Gasteiger partial charge in [0, 0.05) is 32.3 Å². The molecule has 2 rings (SSSR count). The number of nitrogens with zero attached hydrogens (tertiary/aromatic N) is 3. The zero-order chi connectivity index (χ0) is 10.5. The van der Waals surface area contributed by atoms with Crippen molar-refractivity contribution >= 4 is 15.9 Å². The van der Waals surface area contributed by atoms with Crippen molar-refractivity contribution in [2.75, 3.05) is 32.8 Å². The molecule has 0 aliphatic carbocycles. The highest BCUT2D eigenvalue weighted by molar-refractivity contribution is 9.10. The summed E-state index contributed by atoms with van der Waals surface area (Å²) in [5, 5.41) is 0. The summed E-state index contributed by atoms with van der Waals surface area (Å²) >= 11 is 3.34. The van der Waals surface area contributed by atoms with Crippen molar-refractivity contribution in [1.82, 2.24) is 14.9 Å². The fourth-order valence-electron chi connectivity index (χ4n) is 1.58. The number of hydrogen-bond acceptors (Lipinski definition) is 4. The predicted octanol–water partition coefficient (Wildman–Crippen LogP) is 1.11. The molecule has 1 aromatic heterocycles. The SMILES string of the molecule is Brc1ccnc(CCN2CCOCC2)n1. The van der Waals surface area contributed by atoms with Crippen molar-refractivity contribution in [3.63, 3.8) is 0 Å². The van der Waals surface area contributed by atoms with Gasteiger partial charge in [0.25, 0.3) is 0 Å². The molecule has 0 N–H and O–H groups in total. The van der Waals surface area contributed by atoms with Crippen molar-refractivity contribution in [2.24, 2.45) is 0 Å². The van der Waals surface area contributed by atoms with E-state index in [-0.39, 0.29) is 0 Å². The first-order valence-electron chi connectivity index (χ1n) is 5.12. The summed E-state index contributed by atoms with van der Waals surface area (Å²) in [5.74, 6) is 0.899. The van der Waals surface area contributed by atoms with E-state index in [1.54, 1.807) is 6.20 Å². The maximum atomic E-state index is 5.29. The standard InChI is InChI=1S/C10H14BrN3O/c11-9-1-3-12-10(13-9)2-4-14-5-7-15-8-6-14/h1,3H,2,4-8H2. The van der Waals surface area contributed by atoms with Crippen LogP contribution in [0.15, 0.2) is 16.9 Å². The van der Waals surface area contributed by atoms with Gasteiger partial charge in [0.1, 0.15) is 10.4 Å². The van der Waals surface area contributed by atoms with E-state index >= 15 is 0 Å². The highest BCUT2D eigenvalue weighted by atomic mass is 79.9. The van der Waals surface area contributed by atoms with Crippen LogP contribution in [0.4, 0.5) is 0 Å². The Balaban J connectivity index is 1.81. The van der Waals surface area contributed by atoms with E-state index in [1.807, 2.05) is 6.07 Å². The lowest BCUT2D eigenvalue weighted by Crippen LogP contribution is -2.37. The molecule has 15 heavy (non-hydrogen) atoms. The molecule has 1 saturated heterocycles. The van der Waals surface area contributed by atoms with E-state index in [4.69, 9.17) is 4.74 Å². The first-order chi connectivity index (χ1) is 7.34. The van der Waals surface area contributed by atoms with Gasteiger partial charge in [-0.25, -0.2) is 9.97 Å². The van der Waals surface area contributed by atoms with Crippen LogP contribution in [0, 0.1) is 0 Å². The minimum Gasteiger partial charge on any atom is -0.379 e. The Morgan fingerprint density at radius 1 is 1.40 bits per heavy atom. The Labute approximate surface area is 97.8 Å². The zero-order valence-electron chi connectivity index (χ0n) is 8.53. The van der Waals surface area contributed by atoms with Crippen LogP contribution in [0.3, 0.4) is 0 Å². The lowest BCUT2D eigenvalue weighted by Gasteiger charge is -2.26. The molecule has 0 unspecified atom stereocenters. The molecule has 0 radical (unpaired) electrons. The van der Waals surface area contributed by atoms with Crippen LogP contribution < -0.4 is 0 Å². The number of hydrogen-bond donors (Lipinski definition) is 0. The first-order valence-corrected chi connectivity index (χ1v) is 5.91. The quantitative estimate of drug-likeness (QED) is 0.773. The van der Waals surface area contributed by atoms with Crippen molar-refractivity contribution in [2.45, 2.75) is 6.42 Å². The normalized spacial score (nSPS) is 17.9. The molecule has 1 fully saturated rings. The first kappa shape index (κ1) is 11.0. The number of morpholine rings is 1. The summed E-state index contributed by atoms with van der Waals surface area (Å²) in [6.45, 7) is 4.75. The smallest absolute Gasteiger partial charge is 0.130 e. The predicted molar refractivity (Wildman–Crippen MR) is 60.7 cm³/mol. The molecule has 1 aliphatic rings. The van der Waals surface area contributed by atoms with Gasteiger partial charge < -0.3 is 4.74 Å². The molecule has 82 valence electrons. The Hall–Kier alpha value is -0.520. The van der Waals surface area contributed by atoms with E-state index in [0.717, 1.165) is 49.7 Å². The highest BCUT2D eigenvalue weighted by Crippen LogP contribution is 2.05. The average Bonchev–Trinajstić information content (AvgIpc) is 2.28. The molecule has 0 bridgehead atoms. The van der Waals surface area contributed by atoms with E-state index in [1.165, 1.54) is 0 Å². The van der Waals surface area contributed by atoms with Gasteiger partial charge in [-0.3, -0.25) is 4.90 Å². The summed E-state index contributed by atoms with van der Waals surface area (Å²) in [7, 11) is 0. The monoisotopic (exact) mass is 271 g/mol. The average molecular weight is 272 g/mol. The second-order valence-electron chi connectivity index (χ2n) is 3.50. The third-order valence-electron chi connectivity index (χ3n) is 2.43. The molecule has 1 aromatic rings. The Bertz CT molecular complexity index is 315. The fraction of sp³-hybridized carbons (Fsp3) is 0.600. The molecular formula is C10H14BrN3O. The zero-order valence-corrected chi connectivity index (χ0v) is 10.1. The number of aromatic nitrogens is 2. The Morgan fingerprint density at radius 2 is 2.20 bits per heavy atom. The van der Waals surface area contributed by atoms with Crippen LogP contribution in [0.2, 0.25) is 0 Å². The Morgan fingerprint density at radius 3 is 2.93 bits per heavy atom. The van der Waals surface area contributed by atoms with Crippen molar-refractivity contribution < 1.29 is 4.74 Å². The molecule has 0 atom stereocenters. The molecule has 0 amide bonds. The van der Waals surface area contributed by atoms with E-state index in [0.29, 0.717) is 0 Å². The van der Waals surface area contributed by atoms with Gasteiger partial charge >= 0.3 is 0 Å². The lowest BCUT2D eigenvalue weighted by molar-refractivity contribution is 0.0382. The molecule has 0 spiro atoms. The van der Waals surface area contributed by atoms with Gasteiger partial charge in [-0.15, -0.1) is 0 Å². The van der Waals surface area contributed by atoms with Gasteiger partial charge in [0.2, 0.25) is 0 Å². The van der Waals surface area contributed by atoms with E-state index in [9.17, 15) is 0 Å². The third-order valence-corrected chi connectivity index (χ3v) is 2.87. The molecule has 1 aliphatic heterocycles. The van der Waals surface area contributed by atoms with Crippen LogP contribution in [0.1, 0.15) is 5.82 Å². The number of halogens is 1. The third kappa shape index (κ3) is 3.52. The number of rotatable bonds is 3. The van der Waals surface area contributed by atoms with Gasteiger partial charge in [0.05, 0.1) is 13.2 Å². The van der Waals surface area contributed by atoms with Gasteiger partial charge in [-0.05, 0) is 22.0 Å². The van der Waals surface area contributed by atoms with Gasteiger partial charge in [0.15, 0.2) is 0 Å². The van der Waals surface area contributed by atoms with Crippen LogP contribution in [-0.2, 0) is 11.2 Å². The topological polar surface area (TPSA) is 38.2 Å². The van der Waals surface area contributed by atoms with Crippen LogP contribution in [0.25, 0.3) is 0 Å². The van der Waals surface area contributed by atoms with Crippen molar-refractivity contribution in [3.8, 4) is 0 Å². The number of ether oxygens (including phenoxy) is 1. The fourth-order valence-corrected chi connectivity index (χ4v) is 1.90. The lowest BCUT2D eigenvalue weighted by atomic mass is 10.3. The van der Waals surface area contributed by atoms with Crippen molar-refractivity contribution in [1.29, 1.82) is 0 Å². The largest absolute Gasteiger partial charge is 0.379 e. The van der Waals surface area contributed by atoms with Crippen LogP contribution in [0.5, 0.6) is 0 Å². The summed E-state index contributed by atoms with van der Waals surface area (Å²) in [6, 6.07) is 1.85.